The van der Waals surface area contributed by atoms with Crippen LogP contribution >= 0.6 is 0 Å². The quantitative estimate of drug-likeness (QED) is 0.291. The number of hydrogen-bond acceptors (Lipinski definition) is 6. The number of hydrogen-bond donors (Lipinski definition) is 6. The van der Waals surface area contributed by atoms with Gasteiger partial charge in [0.1, 0.15) is 6.10 Å². The molecule has 0 aromatic heterocycles. The SMILES string of the molecule is CC(C)(CO)C(O)C(=O)NCCCO.OCCCCO. The Labute approximate surface area is 120 Å². The van der Waals surface area contributed by atoms with Crippen molar-refractivity contribution in [3.05, 3.63) is 0 Å². The molecule has 0 saturated carbocycles. The van der Waals surface area contributed by atoms with Crippen molar-refractivity contribution in [1.29, 1.82) is 0 Å². The van der Waals surface area contributed by atoms with Crippen LogP contribution in [0, 0.1) is 5.41 Å². The second-order valence-corrected chi connectivity index (χ2v) is 5.07. The van der Waals surface area contributed by atoms with Crippen molar-refractivity contribution in [1.82, 2.24) is 5.32 Å². The van der Waals surface area contributed by atoms with Gasteiger partial charge in [-0.15, -0.1) is 0 Å². The summed E-state index contributed by atoms with van der Waals surface area (Å²) in [5, 5.41) is 45.5. The van der Waals surface area contributed by atoms with Crippen molar-refractivity contribution in [2.75, 3.05) is 33.0 Å². The summed E-state index contributed by atoms with van der Waals surface area (Å²) in [5.41, 5.74) is -0.844. The summed E-state index contributed by atoms with van der Waals surface area (Å²) in [4.78, 5) is 11.3. The fourth-order valence-electron chi connectivity index (χ4n) is 1.05. The number of aliphatic hydroxyl groups is 5. The minimum atomic E-state index is -1.23. The molecule has 0 aliphatic carbocycles. The maximum Gasteiger partial charge on any atom is 0.249 e. The van der Waals surface area contributed by atoms with E-state index in [4.69, 9.17) is 20.4 Å². The van der Waals surface area contributed by atoms with Gasteiger partial charge in [-0.3, -0.25) is 4.79 Å². The Morgan fingerprint density at radius 1 is 1.00 bits per heavy atom. The first-order valence-corrected chi connectivity index (χ1v) is 6.76. The lowest BCUT2D eigenvalue weighted by atomic mass is 9.87. The number of carbonyl (C=O) groups excluding carboxylic acids is 1. The highest BCUT2D eigenvalue weighted by Crippen LogP contribution is 2.19. The zero-order valence-corrected chi connectivity index (χ0v) is 12.4. The minimum absolute atomic E-state index is 0.000230. The Morgan fingerprint density at radius 3 is 1.80 bits per heavy atom. The van der Waals surface area contributed by atoms with Crippen molar-refractivity contribution < 1.29 is 30.3 Å². The largest absolute Gasteiger partial charge is 0.396 e. The first-order valence-electron chi connectivity index (χ1n) is 6.76. The van der Waals surface area contributed by atoms with Crippen LogP contribution in [0.15, 0.2) is 0 Å². The van der Waals surface area contributed by atoms with Crippen LogP contribution in [-0.2, 0) is 4.79 Å². The summed E-state index contributed by atoms with van der Waals surface area (Å²) in [6.07, 6.45) is 0.663. The molecule has 0 aromatic carbocycles. The van der Waals surface area contributed by atoms with E-state index in [1.54, 1.807) is 13.8 Å². The predicted molar refractivity (Wildman–Crippen MR) is 75.0 cm³/mol. The van der Waals surface area contributed by atoms with E-state index >= 15 is 0 Å². The highest BCUT2D eigenvalue weighted by Gasteiger charge is 2.32. The highest BCUT2D eigenvalue weighted by molar-refractivity contribution is 5.81. The van der Waals surface area contributed by atoms with E-state index in [1.807, 2.05) is 0 Å². The predicted octanol–water partition coefficient (Wildman–Crippen LogP) is -1.38. The summed E-state index contributed by atoms with van der Waals surface area (Å²) >= 11 is 0. The third-order valence-electron chi connectivity index (χ3n) is 2.60. The van der Waals surface area contributed by atoms with Gasteiger partial charge in [0.05, 0.1) is 6.61 Å². The molecule has 20 heavy (non-hydrogen) atoms. The van der Waals surface area contributed by atoms with Crippen LogP contribution in [0.3, 0.4) is 0 Å². The third kappa shape index (κ3) is 11.1. The van der Waals surface area contributed by atoms with Crippen LogP contribution in [0.2, 0.25) is 0 Å². The zero-order valence-electron chi connectivity index (χ0n) is 12.4. The topological polar surface area (TPSA) is 130 Å². The molecule has 0 saturated heterocycles. The van der Waals surface area contributed by atoms with Crippen molar-refractivity contribution >= 4 is 5.91 Å². The average molecular weight is 295 g/mol. The number of rotatable bonds is 9. The Balaban J connectivity index is 0. The highest BCUT2D eigenvalue weighted by atomic mass is 16.3. The lowest BCUT2D eigenvalue weighted by Gasteiger charge is -2.27. The molecular weight excluding hydrogens is 266 g/mol. The summed E-state index contributed by atoms with van der Waals surface area (Å²) in [5.74, 6) is -0.516. The van der Waals surface area contributed by atoms with Gasteiger partial charge < -0.3 is 30.8 Å². The van der Waals surface area contributed by atoms with Crippen molar-refractivity contribution in [3.63, 3.8) is 0 Å². The van der Waals surface area contributed by atoms with E-state index in [0.29, 0.717) is 13.0 Å². The first-order chi connectivity index (χ1) is 9.37. The Hall–Kier alpha value is -0.730. The molecule has 0 fully saturated rings. The van der Waals surface area contributed by atoms with Gasteiger partial charge in [-0.05, 0) is 19.3 Å². The fourth-order valence-corrected chi connectivity index (χ4v) is 1.05. The van der Waals surface area contributed by atoms with Gasteiger partial charge in [0, 0.05) is 31.8 Å². The van der Waals surface area contributed by atoms with Gasteiger partial charge in [0.2, 0.25) is 5.91 Å². The van der Waals surface area contributed by atoms with Gasteiger partial charge in [0.25, 0.3) is 0 Å². The van der Waals surface area contributed by atoms with E-state index in [-0.39, 0.29) is 26.4 Å². The molecule has 0 aromatic rings. The molecule has 1 unspecified atom stereocenters. The molecule has 0 rings (SSSR count). The molecule has 0 radical (unpaired) electrons. The molecule has 7 heteroatoms. The lowest BCUT2D eigenvalue weighted by Crippen LogP contribution is -2.45. The Bertz CT molecular complexity index is 231. The van der Waals surface area contributed by atoms with Gasteiger partial charge in [-0.2, -0.15) is 0 Å². The third-order valence-corrected chi connectivity index (χ3v) is 2.60. The van der Waals surface area contributed by atoms with Crippen LogP contribution < -0.4 is 5.32 Å². The molecule has 6 N–H and O–H groups in total. The second kappa shape index (κ2) is 13.3. The summed E-state index contributed by atoms with van der Waals surface area (Å²) in [6, 6.07) is 0. The molecule has 1 atom stereocenters. The fraction of sp³-hybridized carbons (Fsp3) is 0.923. The number of amides is 1. The lowest BCUT2D eigenvalue weighted by molar-refractivity contribution is -0.137. The van der Waals surface area contributed by atoms with Crippen LogP contribution in [-0.4, -0.2) is 70.5 Å². The molecule has 122 valence electrons. The molecule has 0 spiro atoms. The van der Waals surface area contributed by atoms with Crippen molar-refractivity contribution in [2.45, 2.75) is 39.2 Å². The normalized spacial score (nSPS) is 12.3. The second-order valence-electron chi connectivity index (χ2n) is 5.07. The molecule has 0 aliphatic heterocycles. The number of unbranched alkanes of at least 4 members (excludes halogenated alkanes) is 1. The molecule has 7 nitrogen and oxygen atoms in total. The van der Waals surface area contributed by atoms with Crippen LogP contribution in [0.25, 0.3) is 0 Å². The van der Waals surface area contributed by atoms with Crippen LogP contribution in [0.1, 0.15) is 33.1 Å². The van der Waals surface area contributed by atoms with Crippen molar-refractivity contribution in [2.24, 2.45) is 5.41 Å². The van der Waals surface area contributed by atoms with Gasteiger partial charge in [0.15, 0.2) is 0 Å². The van der Waals surface area contributed by atoms with Gasteiger partial charge >= 0.3 is 0 Å². The molecule has 0 bridgehead atoms. The monoisotopic (exact) mass is 295 g/mol. The smallest absolute Gasteiger partial charge is 0.249 e. The maximum absolute atomic E-state index is 11.3. The van der Waals surface area contributed by atoms with Gasteiger partial charge in [-0.25, -0.2) is 0 Å². The van der Waals surface area contributed by atoms with Gasteiger partial charge in [-0.1, -0.05) is 13.8 Å². The average Bonchev–Trinajstić information content (AvgIpc) is 2.45. The standard InChI is InChI=1S/C9H19NO4.C4H10O2/c1-9(2,6-12)7(13)8(14)10-4-3-5-11;5-3-1-2-4-6/h7,11-13H,3-6H2,1-2H3,(H,10,14);5-6H,1-4H2. The van der Waals surface area contributed by atoms with E-state index in [2.05, 4.69) is 5.32 Å². The molecule has 0 aliphatic rings. The van der Waals surface area contributed by atoms with Crippen LogP contribution in [0.4, 0.5) is 0 Å². The zero-order chi connectivity index (χ0) is 16.0. The minimum Gasteiger partial charge on any atom is -0.396 e. The van der Waals surface area contributed by atoms with E-state index in [0.717, 1.165) is 12.8 Å². The number of aliphatic hydroxyl groups excluding tert-OH is 5. The first kappa shape index (κ1) is 21.6. The van der Waals surface area contributed by atoms with Crippen LogP contribution in [0.5, 0.6) is 0 Å². The summed E-state index contributed by atoms with van der Waals surface area (Å²) in [7, 11) is 0. The molecule has 0 heterocycles. The Morgan fingerprint density at radius 2 is 1.45 bits per heavy atom. The van der Waals surface area contributed by atoms with Crippen molar-refractivity contribution in [3.8, 4) is 0 Å². The summed E-state index contributed by atoms with van der Waals surface area (Å²) in [6.45, 7) is 3.66. The van der Waals surface area contributed by atoms with E-state index in [1.165, 1.54) is 0 Å². The maximum atomic E-state index is 11.3. The Kier molecular flexibility index (Phi) is 14.3. The molecule has 1 amide bonds. The van der Waals surface area contributed by atoms with E-state index in [9.17, 15) is 9.90 Å². The molecular formula is C13H29NO6. The number of nitrogens with one attached hydrogen (secondary N) is 1. The van der Waals surface area contributed by atoms with E-state index < -0.39 is 17.4 Å². The number of carbonyl (C=O) groups is 1. The summed E-state index contributed by atoms with van der Waals surface area (Å²) < 4.78 is 0.